The summed E-state index contributed by atoms with van der Waals surface area (Å²) in [5.41, 5.74) is 6.39. The Morgan fingerprint density at radius 3 is 2.89 bits per heavy atom. The van der Waals surface area contributed by atoms with E-state index in [4.69, 9.17) is 17.3 Å². The van der Waals surface area contributed by atoms with Crippen LogP contribution in [-0.4, -0.2) is 17.4 Å². The number of carbonyl (C=O) groups is 1. The molecule has 1 aromatic heterocycles. The first-order valence-electron chi connectivity index (χ1n) is 6.77. The van der Waals surface area contributed by atoms with Gasteiger partial charge in [0.05, 0.1) is 17.4 Å². The van der Waals surface area contributed by atoms with Crippen LogP contribution in [0.4, 0.5) is 5.69 Å². The summed E-state index contributed by atoms with van der Waals surface area (Å²) in [4.78, 5) is 15.9. The summed E-state index contributed by atoms with van der Waals surface area (Å²) in [6, 6.07) is 1.55. The largest absolute Gasteiger partial charge is 0.397 e. The first-order chi connectivity index (χ1) is 9.08. The zero-order valence-electron chi connectivity index (χ0n) is 11.6. The molecule has 19 heavy (non-hydrogen) atoms. The van der Waals surface area contributed by atoms with Gasteiger partial charge in [0, 0.05) is 6.54 Å². The van der Waals surface area contributed by atoms with Crippen LogP contribution in [0.1, 0.15) is 49.9 Å². The molecule has 1 atom stereocenters. The molecule has 0 saturated carbocycles. The van der Waals surface area contributed by atoms with Crippen molar-refractivity contribution in [2.24, 2.45) is 5.92 Å². The summed E-state index contributed by atoms with van der Waals surface area (Å²) in [6.07, 6.45) is 6.00. The highest BCUT2D eigenvalue weighted by Crippen LogP contribution is 2.16. The van der Waals surface area contributed by atoms with E-state index < -0.39 is 0 Å². The highest BCUT2D eigenvalue weighted by Gasteiger charge is 2.13. The molecule has 1 unspecified atom stereocenters. The monoisotopic (exact) mass is 283 g/mol. The second kappa shape index (κ2) is 8.00. The van der Waals surface area contributed by atoms with E-state index in [-0.39, 0.29) is 11.1 Å². The number of anilines is 1. The maximum Gasteiger partial charge on any atom is 0.254 e. The Morgan fingerprint density at radius 1 is 1.53 bits per heavy atom. The molecular weight excluding hydrogens is 262 g/mol. The minimum atomic E-state index is -0.209. The Hall–Kier alpha value is -1.29. The number of nitrogen functional groups attached to an aromatic ring is 1. The Balaban J connectivity index is 2.56. The zero-order valence-corrected chi connectivity index (χ0v) is 12.3. The normalized spacial score (nSPS) is 12.2. The van der Waals surface area contributed by atoms with E-state index in [1.807, 2.05) is 0 Å². The van der Waals surface area contributed by atoms with Gasteiger partial charge in [0.2, 0.25) is 0 Å². The van der Waals surface area contributed by atoms with Crippen molar-refractivity contribution in [3.63, 3.8) is 0 Å². The molecule has 0 aromatic carbocycles. The highest BCUT2D eigenvalue weighted by atomic mass is 35.5. The number of unbranched alkanes of at least 4 members (excludes halogenated alkanes) is 1. The van der Waals surface area contributed by atoms with Gasteiger partial charge in [0.1, 0.15) is 5.15 Å². The van der Waals surface area contributed by atoms with E-state index in [9.17, 15) is 4.79 Å². The third kappa shape index (κ3) is 5.07. The summed E-state index contributed by atoms with van der Waals surface area (Å²) >= 11 is 5.90. The fraction of sp³-hybridized carbons (Fsp3) is 0.571. The van der Waals surface area contributed by atoms with Crippen molar-refractivity contribution in [2.45, 2.75) is 39.5 Å². The zero-order chi connectivity index (χ0) is 14.3. The van der Waals surface area contributed by atoms with Gasteiger partial charge in [-0.1, -0.05) is 44.7 Å². The van der Waals surface area contributed by atoms with Crippen LogP contribution < -0.4 is 11.1 Å². The quantitative estimate of drug-likeness (QED) is 0.755. The van der Waals surface area contributed by atoms with Crippen LogP contribution in [0.15, 0.2) is 12.3 Å². The summed E-state index contributed by atoms with van der Waals surface area (Å²) in [6.45, 7) is 4.98. The molecule has 1 aromatic rings. The van der Waals surface area contributed by atoms with E-state index in [2.05, 4.69) is 24.1 Å². The summed E-state index contributed by atoms with van der Waals surface area (Å²) in [5, 5.41) is 3.10. The predicted octanol–water partition coefficient (Wildman–Crippen LogP) is 3.26. The number of nitrogens with zero attached hydrogens (tertiary/aromatic N) is 1. The smallest absolute Gasteiger partial charge is 0.254 e. The molecule has 1 amide bonds. The maximum absolute atomic E-state index is 12.0. The van der Waals surface area contributed by atoms with Crippen LogP contribution in [0, 0.1) is 5.92 Å². The van der Waals surface area contributed by atoms with Crippen LogP contribution in [0.25, 0.3) is 0 Å². The van der Waals surface area contributed by atoms with Crippen molar-refractivity contribution >= 4 is 23.2 Å². The first kappa shape index (κ1) is 15.8. The topological polar surface area (TPSA) is 68.0 Å². The van der Waals surface area contributed by atoms with Crippen molar-refractivity contribution in [1.29, 1.82) is 0 Å². The molecular formula is C14H22ClN3O. The Labute approximate surface area is 119 Å². The SMILES string of the molecule is CCCCC(CC)CNC(=O)c1cc(N)cnc1Cl. The van der Waals surface area contributed by atoms with Crippen molar-refractivity contribution in [3.8, 4) is 0 Å². The Bertz CT molecular complexity index is 423. The van der Waals surface area contributed by atoms with Crippen LogP contribution in [0.2, 0.25) is 5.15 Å². The standard InChI is InChI=1S/C14H22ClN3O/c1-3-5-6-10(4-2)8-18-14(19)12-7-11(16)9-17-13(12)15/h7,9-10H,3-6,8,16H2,1-2H3,(H,18,19). The fourth-order valence-corrected chi connectivity index (χ4v) is 2.09. The van der Waals surface area contributed by atoms with E-state index >= 15 is 0 Å². The number of aromatic nitrogens is 1. The molecule has 0 aliphatic rings. The summed E-state index contributed by atoms with van der Waals surface area (Å²) < 4.78 is 0. The predicted molar refractivity (Wildman–Crippen MR) is 79.3 cm³/mol. The molecule has 1 rings (SSSR count). The van der Waals surface area contributed by atoms with Gasteiger partial charge in [-0.2, -0.15) is 0 Å². The number of hydrogen-bond donors (Lipinski definition) is 2. The van der Waals surface area contributed by atoms with E-state index in [0.717, 1.165) is 12.8 Å². The van der Waals surface area contributed by atoms with E-state index in [1.54, 1.807) is 6.07 Å². The molecule has 0 fully saturated rings. The lowest BCUT2D eigenvalue weighted by molar-refractivity contribution is 0.0945. The minimum Gasteiger partial charge on any atom is -0.397 e. The first-order valence-corrected chi connectivity index (χ1v) is 7.15. The maximum atomic E-state index is 12.0. The summed E-state index contributed by atoms with van der Waals surface area (Å²) in [7, 11) is 0. The van der Waals surface area contributed by atoms with Gasteiger partial charge in [-0.15, -0.1) is 0 Å². The molecule has 106 valence electrons. The number of carbonyl (C=O) groups excluding carboxylic acids is 1. The number of pyridine rings is 1. The van der Waals surface area contributed by atoms with Gasteiger partial charge >= 0.3 is 0 Å². The van der Waals surface area contributed by atoms with Crippen molar-refractivity contribution in [1.82, 2.24) is 10.3 Å². The van der Waals surface area contributed by atoms with E-state index in [0.29, 0.717) is 23.7 Å². The molecule has 5 heteroatoms. The lowest BCUT2D eigenvalue weighted by Gasteiger charge is -2.15. The van der Waals surface area contributed by atoms with Crippen LogP contribution in [0.3, 0.4) is 0 Å². The number of nitrogens with one attached hydrogen (secondary N) is 1. The average molecular weight is 284 g/mol. The highest BCUT2D eigenvalue weighted by molar-refractivity contribution is 6.32. The third-order valence-electron chi connectivity index (χ3n) is 3.20. The molecule has 0 aliphatic carbocycles. The van der Waals surface area contributed by atoms with Crippen molar-refractivity contribution < 1.29 is 4.79 Å². The molecule has 0 aliphatic heterocycles. The lowest BCUT2D eigenvalue weighted by Crippen LogP contribution is -2.29. The van der Waals surface area contributed by atoms with Crippen LogP contribution in [-0.2, 0) is 0 Å². The van der Waals surface area contributed by atoms with Crippen LogP contribution >= 0.6 is 11.6 Å². The summed E-state index contributed by atoms with van der Waals surface area (Å²) in [5.74, 6) is 0.302. The Morgan fingerprint density at radius 2 is 2.26 bits per heavy atom. The van der Waals surface area contributed by atoms with Gasteiger partial charge in [-0.05, 0) is 18.4 Å². The Kier molecular flexibility index (Phi) is 6.64. The molecule has 0 bridgehead atoms. The second-order valence-electron chi connectivity index (χ2n) is 4.73. The van der Waals surface area contributed by atoms with Gasteiger partial charge in [-0.3, -0.25) is 4.79 Å². The average Bonchev–Trinajstić information content (AvgIpc) is 2.41. The number of halogens is 1. The fourth-order valence-electron chi connectivity index (χ4n) is 1.90. The number of hydrogen-bond acceptors (Lipinski definition) is 3. The molecule has 0 radical (unpaired) electrons. The molecule has 0 saturated heterocycles. The van der Waals surface area contributed by atoms with Crippen molar-refractivity contribution in [3.05, 3.63) is 23.0 Å². The van der Waals surface area contributed by atoms with Gasteiger partial charge < -0.3 is 11.1 Å². The van der Waals surface area contributed by atoms with Gasteiger partial charge in [-0.25, -0.2) is 4.98 Å². The number of rotatable bonds is 7. The second-order valence-corrected chi connectivity index (χ2v) is 5.09. The minimum absolute atomic E-state index is 0.188. The number of nitrogens with two attached hydrogens (primary N) is 1. The third-order valence-corrected chi connectivity index (χ3v) is 3.50. The van der Waals surface area contributed by atoms with Gasteiger partial charge in [0.15, 0.2) is 0 Å². The van der Waals surface area contributed by atoms with Crippen LogP contribution in [0.5, 0.6) is 0 Å². The molecule has 0 spiro atoms. The van der Waals surface area contributed by atoms with Crippen molar-refractivity contribution in [2.75, 3.05) is 12.3 Å². The van der Waals surface area contributed by atoms with Gasteiger partial charge in [0.25, 0.3) is 5.91 Å². The molecule has 3 N–H and O–H groups in total. The number of amides is 1. The van der Waals surface area contributed by atoms with E-state index in [1.165, 1.54) is 19.0 Å². The lowest BCUT2D eigenvalue weighted by atomic mass is 9.99. The molecule has 1 heterocycles. The molecule has 4 nitrogen and oxygen atoms in total.